The van der Waals surface area contributed by atoms with Gasteiger partial charge in [-0.05, 0) is 18.4 Å². The van der Waals surface area contributed by atoms with Crippen LogP contribution in [0, 0.1) is 0 Å². The zero-order valence-electron chi connectivity index (χ0n) is 12.5. The van der Waals surface area contributed by atoms with Crippen LogP contribution in [0.4, 0.5) is 5.82 Å². The van der Waals surface area contributed by atoms with E-state index in [1.165, 1.54) is 17.1 Å². The Hall–Kier alpha value is -2.30. The second-order valence-electron chi connectivity index (χ2n) is 5.83. The van der Waals surface area contributed by atoms with Gasteiger partial charge in [-0.15, -0.1) is 0 Å². The maximum Gasteiger partial charge on any atom is 0.330 e. The summed E-state index contributed by atoms with van der Waals surface area (Å²) in [7, 11) is 0. The van der Waals surface area contributed by atoms with Gasteiger partial charge in [-0.3, -0.25) is 14.3 Å². The molecule has 22 heavy (non-hydrogen) atoms. The normalized spacial score (nSPS) is 15.6. The zero-order valence-corrected chi connectivity index (χ0v) is 12.5. The molecule has 1 aromatic carbocycles. The second kappa shape index (κ2) is 6.64. The first-order chi connectivity index (χ1) is 10.7. The molecular formula is C17H21N3O2. The molecule has 5 nitrogen and oxygen atoms in total. The molecule has 2 aromatic rings. The van der Waals surface area contributed by atoms with E-state index in [1.807, 2.05) is 30.3 Å². The van der Waals surface area contributed by atoms with E-state index in [1.54, 1.807) is 0 Å². The van der Waals surface area contributed by atoms with Gasteiger partial charge >= 0.3 is 5.69 Å². The Morgan fingerprint density at radius 2 is 1.82 bits per heavy atom. The summed E-state index contributed by atoms with van der Waals surface area (Å²) in [5.41, 5.74) is 0.570. The summed E-state index contributed by atoms with van der Waals surface area (Å²) in [5.74, 6) is 0.478. The van der Waals surface area contributed by atoms with Crippen molar-refractivity contribution in [3.8, 4) is 0 Å². The first-order valence-corrected chi connectivity index (χ1v) is 7.88. The lowest BCUT2D eigenvalue weighted by atomic mass is 9.95. The van der Waals surface area contributed by atoms with Crippen LogP contribution in [0.15, 0.2) is 46.0 Å². The summed E-state index contributed by atoms with van der Waals surface area (Å²) in [5, 5.41) is 3.10. The van der Waals surface area contributed by atoms with E-state index in [9.17, 15) is 9.59 Å². The zero-order chi connectivity index (χ0) is 15.4. The van der Waals surface area contributed by atoms with Gasteiger partial charge in [0.2, 0.25) is 0 Å². The van der Waals surface area contributed by atoms with E-state index >= 15 is 0 Å². The Morgan fingerprint density at radius 1 is 1.09 bits per heavy atom. The first kappa shape index (κ1) is 14.6. The van der Waals surface area contributed by atoms with E-state index < -0.39 is 0 Å². The number of H-pyrrole nitrogens is 1. The molecule has 116 valence electrons. The molecule has 0 radical (unpaired) electrons. The van der Waals surface area contributed by atoms with Gasteiger partial charge in [0.15, 0.2) is 0 Å². The quantitative estimate of drug-likeness (QED) is 0.912. The van der Waals surface area contributed by atoms with Crippen LogP contribution in [0.25, 0.3) is 0 Å². The maximum absolute atomic E-state index is 12.3. The smallest absolute Gasteiger partial charge is 0.330 e. The highest BCUT2D eigenvalue weighted by atomic mass is 16.2. The number of aromatic nitrogens is 2. The molecule has 1 heterocycles. The van der Waals surface area contributed by atoms with Crippen molar-refractivity contribution in [1.82, 2.24) is 9.55 Å². The minimum atomic E-state index is -0.310. The van der Waals surface area contributed by atoms with Crippen molar-refractivity contribution in [3.05, 3.63) is 62.8 Å². The SMILES string of the molecule is O=c1cc(NCc2ccccc2)[nH]c(=O)n1C1CCCCC1. The molecule has 2 N–H and O–H groups in total. The summed E-state index contributed by atoms with van der Waals surface area (Å²) in [4.78, 5) is 27.3. The predicted molar refractivity (Wildman–Crippen MR) is 87.2 cm³/mol. The molecule has 0 saturated heterocycles. The van der Waals surface area contributed by atoms with E-state index in [-0.39, 0.29) is 17.3 Å². The fraction of sp³-hybridized carbons (Fsp3) is 0.412. The number of hydrogen-bond acceptors (Lipinski definition) is 3. The van der Waals surface area contributed by atoms with Crippen LogP contribution < -0.4 is 16.6 Å². The summed E-state index contributed by atoms with van der Waals surface area (Å²) >= 11 is 0. The molecule has 1 saturated carbocycles. The number of hydrogen-bond donors (Lipinski definition) is 2. The van der Waals surface area contributed by atoms with Crippen LogP contribution in [-0.4, -0.2) is 9.55 Å². The molecule has 0 unspecified atom stereocenters. The molecule has 0 aliphatic heterocycles. The lowest BCUT2D eigenvalue weighted by Gasteiger charge is -2.23. The molecule has 1 aliphatic carbocycles. The number of anilines is 1. The van der Waals surface area contributed by atoms with E-state index in [2.05, 4.69) is 10.3 Å². The molecule has 5 heteroatoms. The van der Waals surface area contributed by atoms with Gasteiger partial charge in [-0.2, -0.15) is 0 Å². The summed E-state index contributed by atoms with van der Waals surface area (Å²) < 4.78 is 1.38. The topological polar surface area (TPSA) is 66.9 Å². The number of nitrogens with zero attached hydrogens (tertiary/aromatic N) is 1. The van der Waals surface area contributed by atoms with Crippen molar-refractivity contribution in [2.24, 2.45) is 0 Å². The predicted octanol–water partition coefficient (Wildman–Crippen LogP) is 2.65. The fourth-order valence-electron chi connectivity index (χ4n) is 3.08. The first-order valence-electron chi connectivity index (χ1n) is 7.88. The van der Waals surface area contributed by atoms with E-state index in [0.717, 1.165) is 31.2 Å². The van der Waals surface area contributed by atoms with Gasteiger partial charge in [0, 0.05) is 18.7 Å². The largest absolute Gasteiger partial charge is 0.367 e. The van der Waals surface area contributed by atoms with Crippen molar-refractivity contribution in [2.45, 2.75) is 44.7 Å². The van der Waals surface area contributed by atoms with Crippen molar-refractivity contribution in [2.75, 3.05) is 5.32 Å². The molecule has 0 bridgehead atoms. The average molecular weight is 299 g/mol. The molecule has 0 atom stereocenters. The summed E-state index contributed by atoms with van der Waals surface area (Å²) in [6.07, 6.45) is 5.20. The number of rotatable bonds is 4. The number of benzene rings is 1. The highest BCUT2D eigenvalue weighted by molar-refractivity contribution is 5.33. The third kappa shape index (κ3) is 3.30. The highest BCUT2D eigenvalue weighted by Crippen LogP contribution is 2.25. The highest BCUT2D eigenvalue weighted by Gasteiger charge is 2.18. The van der Waals surface area contributed by atoms with Gasteiger partial charge in [0.05, 0.1) is 0 Å². The van der Waals surface area contributed by atoms with Crippen molar-refractivity contribution < 1.29 is 0 Å². The Labute approximate surface area is 129 Å². The van der Waals surface area contributed by atoms with Crippen LogP contribution >= 0.6 is 0 Å². The Balaban J connectivity index is 1.77. The molecule has 1 fully saturated rings. The van der Waals surface area contributed by atoms with Gasteiger partial charge in [-0.25, -0.2) is 4.79 Å². The lowest BCUT2D eigenvalue weighted by Crippen LogP contribution is -2.38. The van der Waals surface area contributed by atoms with Crippen LogP contribution in [0.1, 0.15) is 43.7 Å². The Kier molecular flexibility index (Phi) is 4.42. The number of aromatic amines is 1. The lowest BCUT2D eigenvalue weighted by molar-refractivity contribution is 0.336. The summed E-state index contributed by atoms with van der Waals surface area (Å²) in [6.45, 7) is 0.573. The molecule has 1 aromatic heterocycles. The van der Waals surface area contributed by atoms with Gasteiger partial charge in [-0.1, -0.05) is 49.6 Å². The second-order valence-corrected chi connectivity index (χ2v) is 5.83. The molecule has 0 spiro atoms. The molecular weight excluding hydrogens is 278 g/mol. The Morgan fingerprint density at radius 3 is 2.50 bits per heavy atom. The van der Waals surface area contributed by atoms with Crippen molar-refractivity contribution in [3.63, 3.8) is 0 Å². The van der Waals surface area contributed by atoms with Crippen molar-refractivity contribution in [1.29, 1.82) is 0 Å². The van der Waals surface area contributed by atoms with Crippen LogP contribution in [0.2, 0.25) is 0 Å². The van der Waals surface area contributed by atoms with E-state index in [0.29, 0.717) is 12.4 Å². The van der Waals surface area contributed by atoms with Crippen LogP contribution in [0.3, 0.4) is 0 Å². The van der Waals surface area contributed by atoms with Crippen molar-refractivity contribution >= 4 is 5.82 Å². The van der Waals surface area contributed by atoms with Gasteiger partial charge in [0.1, 0.15) is 5.82 Å². The van der Waals surface area contributed by atoms with Crippen LogP contribution in [0.5, 0.6) is 0 Å². The van der Waals surface area contributed by atoms with Gasteiger partial charge in [0.25, 0.3) is 5.56 Å². The standard InChI is InChI=1S/C17H21N3O2/c21-16-11-15(18-12-13-7-3-1-4-8-13)19-17(22)20(16)14-9-5-2-6-10-14/h1,3-4,7-8,11,14,18H,2,5-6,9-10,12H2,(H,19,22). The Bertz CT molecular complexity index is 696. The third-order valence-corrected chi connectivity index (χ3v) is 4.23. The third-order valence-electron chi connectivity index (χ3n) is 4.23. The van der Waals surface area contributed by atoms with E-state index in [4.69, 9.17) is 0 Å². The minimum absolute atomic E-state index is 0.0492. The number of nitrogens with one attached hydrogen (secondary N) is 2. The minimum Gasteiger partial charge on any atom is -0.367 e. The summed E-state index contributed by atoms with van der Waals surface area (Å²) in [6, 6.07) is 11.4. The van der Waals surface area contributed by atoms with Crippen LogP contribution in [-0.2, 0) is 6.54 Å². The van der Waals surface area contributed by atoms with Gasteiger partial charge < -0.3 is 5.32 Å². The monoisotopic (exact) mass is 299 g/mol. The molecule has 0 amide bonds. The fourth-order valence-corrected chi connectivity index (χ4v) is 3.08. The molecule has 3 rings (SSSR count). The molecule has 1 aliphatic rings. The average Bonchev–Trinajstić information content (AvgIpc) is 2.54. The maximum atomic E-state index is 12.3.